The summed E-state index contributed by atoms with van der Waals surface area (Å²) in [6, 6.07) is 10.8. The molecule has 0 fully saturated rings. The molecule has 0 aliphatic carbocycles. The van der Waals surface area contributed by atoms with Crippen LogP contribution in [0.4, 0.5) is 0 Å². The average Bonchev–Trinajstić information content (AvgIpc) is 3.16. The van der Waals surface area contributed by atoms with E-state index in [2.05, 4.69) is 5.16 Å². The van der Waals surface area contributed by atoms with Gasteiger partial charge in [-0.2, -0.15) is 0 Å². The molecular formula is C19H10Cl2N2O5. The summed E-state index contributed by atoms with van der Waals surface area (Å²) in [6.07, 6.45) is 0. The first kappa shape index (κ1) is 18.2. The molecule has 0 radical (unpaired) electrons. The second-order valence-corrected chi connectivity index (χ2v) is 6.76. The lowest BCUT2D eigenvalue weighted by molar-refractivity contribution is -0.0585. The topological polar surface area (TPSA) is 89.7 Å². The highest BCUT2D eigenvalue weighted by molar-refractivity contribution is 6.36. The molecule has 7 nitrogen and oxygen atoms in total. The Kier molecular flexibility index (Phi) is 4.41. The van der Waals surface area contributed by atoms with Crippen LogP contribution in [0.2, 0.25) is 10.0 Å². The molecule has 2 amide bonds. The molecule has 1 aliphatic rings. The summed E-state index contributed by atoms with van der Waals surface area (Å²) in [6.45, 7) is 1.50. The van der Waals surface area contributed by atoms with Gasteiger partial charge in [0, 0.05) is 10.6 Å². The SMILES string of the molecule is Cc1onc(-c2ccc(Cl)cc2Cl)c1C(=O)ON1C(=O)c2ccccc2C1=O. The predicted octanol–water partition coefficient (Wildman–Crippen LogP) is 4.32. The number of hydroxylamine groups is 2. The number of hydrogen-bond donors (Lipinski definition) is 0. The van der Waals surface area contributed by atoms with Gasteiger partial charge in [0.25, 0.3) is 11.8 Å². The minimum Gasteiger partial charge on any atom is -0.360 e. The Morgan fingerprint density at radius 1 is 1.04 bits per heavy atom. The van der Waals surface area contributed by atoms with Crippen LogP contribution in [0.3, 0.4) is 0 Å². The van der Waals surface area contributed by atoms with E-state index in [4.69, 9.17) is 32.6 Å². The Morgan fingerprint density at radius 2 is 1.68 bits per heavy atom. The lowest BCUT2D eigenvalue weighted by atomic mass is 10.1. The lowest BCUT2D eigenvalue weighted by Crippen LogP contribution is -2.32. The van der Waals surface area contributed by atoms with Crippen molar-refractivity contribution in [2.75, 3.05) is 0 Å². The van der Waals surface area contributed by atoms with Crippen LogP contribution in [-0.4, -0.2) is 28.0 Å². The van der Waals surface area contributed by atoms with E-state index in [1.54, 1.807) is 24.3 Å². The smallest absolute Gasteiger partial charge is 0.360 e. The zero-order chi connectivity index (χ0) is 20.0. The van der Waals surface area contributed by atoms with E-state index in [1.165, 1.54) is 25.1 Å². The van der Waals surface area contributed by atoms with E-state index in [9.17, 15) is 14.4 Å². The van der Waals surface area contributed by atoms with E-state index in [0.29, 0.717) is 15.6 Å². The number of hydrogen-bond acceptors (Lipinski definition) is 6. The maximum atomic E-state index is 12.8. The van der Waals surface area contributed by atoms with E-state index >= 15 is 0 Å². The van der Waals surface area contributed by atoms with Gasteiger partial charge in [-0.1, -0.05) is 45.6 Å². The molecule has 9 heteroatoms. The summed E-state index contributed by atoms with van der Waals surface area (Å²) >= 11 is 12.1. The summed E-state index contributed by atoms with van der Waals surface area (Å²) in [7, 11) is 0. The fourth-order valence-electron chi connectivity index (χ4n) is 2.86. The summed E-state index contributed by atoms with van der Waals surface area (Å²) in [5.74, 6) is -2.29. The Morgan fingerprint density at radius 3 is 2.29 bits per heavy atom. The zero-order valence-corrected chi connectivity index (χ0v) is 15.7. The van der Waals surface area contributed by atoms with Gasteiger partial charge < -0.3 is 9.36 Å². The van der Waals surface area contributed by atoms with Gasteiger partial charge in [0.05, 0.1) is 16.1 Å². The summed E-state index contributed by atoms with van der Waals surface area (Å²) < 4.78 is 5.11. The zero-order valence-electron chi connectivity index (χ0n) is 14.2. The standard InChI is InChI=1S/C19H10Cl2N2O5/c1-9-15(16(22-27-9)13-7-6-10(20)8-14(13)21)19(26)28-23-17(24)11-4-2-3-5-12(11)18(23)25/h2-8H,1H3. The predicted molar refractivity (Wildman–Crippen MR) is 99.1 cm³/mol. The van der Waals surface area contributed by atoms with Crippen LogP contribution in [0.15, 0.2) is 47.0 Å². The molecule has 140 valence electrons. The third-order valence-corrected chi connectivity index (χ3v) is 4.73. The second-order valence-electron chi connectivity index (χ2n) is 5.92. The summed E-state index contributed by atoms with van der Waals surface area (Å²) in [5.41, 5.74) is 0.755. The minimum absolute atomic E-state index is 0.0548. The molecule has 1 aliphatic heterocycles. The van der Waals surface area contributed by atoms with Crippen molar-refractivity contribution in [3.63, 3.8) is 0 Å². The maximum absolute atomic E-state index is 12.8. The van der Waals surface area contributed by atoms with Crippen LogP contribution in [0, 0.1) is 6.92 Å². The van der Waals surface area contributed by atoms with E-state index in [-0.39, 0.29) is 33.2 Å². The molecule has 2 aromatic carbocycles. The van der Waals surface area contributed by atoms with E-state index in [0.717, 1.165) is 0 Å². The first-order valence-electron chi connectivity index (χ1n) is 8.00. The Balaban J connectivity index is 1.68. The quantitative estimate of drug-likeness (QED) is 0.590. The normalized spacial score (nSPS) is 13.0. The highest BCUT2D eigenvalue weighted by Gasteiger charge is 2.40. The number of benzene rings is 2. The summed E-state index contributed by atoms with van der Waals surface area (Å²) in [4.78, 5) is 42.6. The van der Waals surface area contributed by atoms with Gasteiger partial charge in [-0.3, -0.25) is 9.59 Å². The van der Waals surface area contributed by atoms with E-state index in [1.807, 2.05) is 0 Å². The van der Waals surface area contributed by atoms with Gasteiger partial charge in [-0.25, -0.2) is 4.79 Å². The first-order valence-corrected chi connectivity index (χ1v) is 8.76. The molecular weight excluding hydrogens is 407 g/mol. The van der Waals surface area contributed by atoms with Crippen molar-refractivity contribution in [3.05, 3.63) is 75.0 Å². The number of fused-ring (bicyclic) bond motifs is 1. The van der Waals surface area contributed by atoms with Gasteiger partial charge in [-0.05, 0) is 37.3 Å². The third kappa shape index (κ3) is 2.85. The van der Waals surface area contributed by atoms with Crippen LogP contribution >= 0.6 is 23.2 Å². The molecule has 0 spiro atoms. The third-order valence-electron chi connectivity index (χ3n) is 4.18. The Bertz CT molecular complexity index is 1120. The van der Waals surface area contributed by atoms with Gasteiger partial charge in [-0.15, -0.1) is 0 Å². The van der Waals surface area contributed by atoms with E-state index < -0.39 is 17.8 Å². The highest BCUT2D eigenvalue weighted by atomic mass is 35.5. The number of nitrogens with zero attached hydrogens (tertiary/aromatic N) is 2. The number of carbonyl (C=O) groups excluding carboxylic acids is 3. The molecule has 1 aromatic heterocycles. The van der Waals surface area contributed by atoms with Crippen molar-refractivity contribution >= 4 is 41.0 Å². The van der Waals surface area contributed by atoms with Crippen molar-refractivity contribution in [2.45, 2.75) is 6.92 Å². The van der Waals surface area contributed by atoms with Crippen LogP contribution in [0.1, 0.15) is 36.8 Å². The fourth-order valence-corrected chi connectivity index (χ4v) is 3.35. The number of rotatable bonds is 3. The molecule has 0 bridgehead atoms. The molecule has 3 aromatic rings. The number of halogens is 2. The minimum atomic E-state index is -0.978. The molecule has 2 heterocycles. The Labute approximate surface area is 168 Å². The number of imide groups is 1. The van der Waals surface area contributed by atoms with Crippen LogP contribution in [-0.2, 0) is 4.84 Å². The molecule has 0 saturated carbocycles. The van der Waals surface area contributed by atoms with Gasteiger partial charge in [0.15, 0.2) is 0 Å². The van der Waals surface area contributed by atoms with Crippen molar-refractivity contribution < 1.29 is 23.7 Å². The number of carbonyl (C=O) groups is 3. The number of aromatic nitrogens is 1. The lowest BCUT2D eigenvalue weighted by Gasteiger charge is -2.13. The van der Waals surface area contributed by atoms with Gasteiger partial charge in [0.2, 0.25) is 0 Å². The largest absolute Gasteiger partial charge is 0.369 e. The fraction of sp³-hybridized carbons (Fsp3) is 0.0526. The highest BCUT2D eigenvalue weighted by Crippen LogP contribution is 2.34. The van der Waals surface area contributed by atoms with Gasteiger partial charge >= 0.3 is 5.97 Å². The molecule has 0 unspecified atom stereocenters. The van der Waals surface area contributed by atoms with Crippen LogP contribution in [0.25, 0.3) is 11.3 Å². The van der Waals surface area contributed by atoms with Crippen LogP contribution < -0.4 is 0 Å². The van der Waals surface area contributed by atoms with Crippen molar-refractivity contribution in [2.24, 2.45) is 0 Å². The maximum Gasteiger partial charge on any atom is 0.369 e. The molecule has 0 atom stereocenters. The molecule has 4 rings (SSSR count). The molecule has 0 saturated heterocycles. The first-order chi connectivity index (χ1) is 13.4. The number of aryl methyl sites for hydroxylation is 1. The van der Waals surface area contributed by atoms with Crippen molar-refractivity contribution in [3.8, 4) is 11.3 Å². The van der Waals surface area contributed by atoms with Crippen molar-refractivity contribution in [1.82, 2.24) is 10.2 Å². The molecule has 28 heavy (non-hydrogen) atoms. The number of amides is 2. The van der Waals surface area contributed by atoms with Crippen LogP contribution in [0.5, 0.6) is 0 Å². The average molecular weight is 417 g/mol. The van der Waals surface area contributed by atoms with Crippen molar-refractivity contribution in [1.29, 1.82) is 0 Å². The molecule has 0 N–H and O–H groups in total. The second kappa shape index (κ2) is 6.78. The Hall–Kier alpha value is -3.16. The van der Waals surface area contributed by atoms with Gasteiger partial charge in [0.1, 0.15) is 17.0 Å². The summed E-state index contributed by atoms with van der Waals surface area (Å²) in [5, 5.41) is 4.93. The monoisotopic (exact) mass is 416 g/mol.